The fourth-order valence-electron chi connectivity index (χ4n) is 2.99. The van der Waals surface area contributed by atoms with Crippen molar-refractivity contribution in [3.63, 3.8) is 0 Å². The largest absolute Gasteiger partial charge is 0.496 e. The molecule has 1 aromatic heterocycles. The summed E-state index contributed by atoms with van der Waals surface area (Å²) in [5.74, 6) is 1.55. The van der Waals surface area contributed by atoms with Crippen LogP contribution in [0.4, 0.5) is 0 Å². The van der Waals surface area contributed by atoms with Gasteiger partial charge in [0.05, 0.1) is 38.7 Å². The van der Waals surface area contributed by atoms with Crippen LogP contribution in [0.1, 0.15) is 10.4 Å². The van der Waals surface area contributed by atoms with E-state index in [-0.39, 0.29) is 5.56 Å². The number of hydrogen-bond acceptors (Lipinski definition) is 6. The first-order chi connectivity index (χ1) is 14.1. The van der Waals surface area contributed by atoms with Gasteiger partial charge in [-0.2, -0.15) is 4.99 Å². The second-order valence-corrected chi connectivity index (χ2v) is 6.92. The summed E-state index contributed by atoms with van der Waals surface area (Å²) in [6.07, 6.45) is 1.75. The molecular weight excluding hydrogens is 392 g/mol. The quantitative estimate of drug-likeness (QED) is 0.552. The Kier molecular flexibility index (Phi) is 6.23. The molecule has 2 aromatic carbocycles. The predicted octanol–water partition coefficient (Wildman–Crippen LogP) is 3.66. The number of fused-ring (bicyclic) bond motifs is 1. The van der Waals surface area contributed by atoms with Crippen molar-refractivity contribution in [1.82, 2.24) is 4.57 Å². The summed E-state index contributed by atoms with van der Waals surface area (Å²) in [7, 11) is 6.16. The van der Waals surface area contributed by atoms with Crippen molar-refractivity contribution in [3.05, 3.63) is 53.4 Å². The van der Waals surface area contributed by atoms with Crippen LogP contribution >= 0.6 is 11.3 Å². The number of carbonyl (C=O) groups is 1. The van der Waals surface area contributed by atoms with E-state index in [1.807, 2.05) is 16.7 Å². The highest BCUT2D eigenvalue weighted by atomic mass is 32.1. The molecule has 0 saturated heterocycles. The number of ether oxygens (including phenoxy) is 4. The van der Waals surface area contributed by atoms with Crippen molar-refractivity contribution >= 4 is 27.5 Å². The molecule has 0 radical (unpaired) electrons. The third-order valence-corrected chi connectivity index (χ3v) is 5.38. The number of nitrogens with zero attached hydrogens (tertiary/aromatic N) is 2. The number of aromatic nitrogens is 1. The van der Waals surface area contributed by atoms with Gasteiger partial charge in [-0.05, 0) is 12.1 Å². The maximum atomic E-state index is 13.0. The molecule has 0 atom stereocenters. The smallest absolute Gasteiger partial charge is 0.287 e. The lowest BCUT2D eigenvalue weighted by Gasteiger charge is -2.10. The molecule has 152 valence electrons. The van der Waals surface area contributed by atoms with Crippen LogP contribution < -0.4 is 23.7 Å². The Morgan fingerprint density at radius 2 is 1.62 bits per heavy atom. The molecule has 0 spiro atoms. The Morgan fingerprint density at radius 1 is 1.03 bits per heavy atom. The molecule has 0 aliphatic carbocycles. The van der Waals surface area contributed by atoms with E-state index in [0.717, 1.165) is 10.2 Å². The van der Waals surface area contributed by atoms with Gasteiger partial charge in [0.1, 0.15) is 17.1 Å². The average molecular weight is 414 g/mol. The first-order valence-electron chi connectivity index (χ1n) is 8.74. The summed E-state index contributed by atoms with van der Waals surface area (Å²) >= 11 is 1.37. The molecule has 0 fully saturated rings. The van der Waals surface area contributed by atoms with Gasteiger partial charge in [0.15, 0.2) is 16.3 Å². The lowest BCUT2D eigenvalue weighted by molar-refractivity contribution is 0.0992. The number of methoxy groups -OCH3 is 4. The fraction of sp³-hybridized carbons (Fsp3) is 0.238. The molecule has 8 heteroatoms. The Morgan fingerprint density at radius 3 is 2.17 bits per heavy atom. The van der Waals surface area contributed by atoms with Crippen molar-refractivity contribution in [3.8, 4) is 23.0 Å². The van der Waals surface area contributed by atoms with E-state index in [9.17, 15) is 4.79 Å². The molecule has 0 aliphatic heterocycles. The van der Waals surface area contributed by atoms with Crippen LogP contribution in [0.15, 0.2) is 48.0 Å². The number of amides is 1. The van der Waals surface area contributed by atoms with Crippen molar-refractivity contribution < 1.29 is 23.7 Å². The highest BCUT2D eigenvalue weighted by Crippen LogP contribution is 2.34. The van der Waals surface area contributed by atoms with Gasteiger partial charge in [-0.3, -0.25) is 4.79 Å². The molecule has 0 unspecified atom stereocenters. The highest BCUT2D eigenvalue weighted by Gasteiger charge is 2.19. The van der Waals surface area contributed by atoms with Crippen LogP contribution in [-0.4, -0.2) is 38.9 Å². The first-order valence-corrected chi connectivity index (χ1v) is 9.55. The van der Waals surface area contributed by atoms with E-state index < -0.39 is 5.91 Å². The minimum absolute atomic E-state index is 0.273. The van der Waals surface area contributed by atoms with Crippen molar-refractivity contribution in [2.24, 2.45) is 4.99 Å². The van der Waals surface area contributed by atoms with Crippen molar-refractivity contribution in [1.29, 1.82) is 0 Å². The normalized spacial score (nSPS) is 11.4. The average Bonchev–Trinajstić information content (AvgIpc) is 3.07. The van der Waals surface area contributed by atoms with Gasteiger partial charge >= 0.3 is 0 Å². The van der Waals surface area contributed by atoms with E-state index in [2.05, 4.69) is 11.6 Å². The SMILES string of the molecule is C=CCn1c(=NC(=O)c2c(OC)cccc2OC)sc2cc(OC)c(OC)cc21. The minimum Gasteiger partial charge on any atom is -0.496 e. The zero-order valence-corrected chi connectivity index (χ0v) is 17.5. The lowest BCUT2D eigenvalue weighted by atomic mass is 10.1. The van der Waals surface area contributed by atoms with Crippen LogP contribution in [0.3, 0.4) is 0 Å². The molecule has 0 bridgehead atoms. The Bertz CT molecular complexity index is 1110. The third-order valence-electron chi connectivity index (χ3n) is 4.34. The topological polar surface area (TPSA) is 71.3 Å². The predicted molar refractivity (Wildman–Crippen MR) is 113 cm³/mol. The summed E-state index contributed by atoms with van der Waals surface area (Å²) < 4.78 is 24.3. The zero-order chi connectivity index (χ0) is 21.0. The molecule has 3 rings (SSSR count). The number of allylic oxidation sites excluding steroid dienone is 1. The van der Waals surface area contributed by atoms with Gasteiger partial charge < -0.3 is 23.5 Å². The summed E-state index contributed by atoms with van der Waals surface area (Å²) in [5, 5.41) is 0. The molecule has 29 heavy (non-hydrogen) atoms. The number of rotatable bonds is 7. The Hall–Kier alpha value is -3.26. The standard InChI is InChI=1S/C21H22N2O5S/c1-6-10-23-13-11-16(27-4)17(28-5)12-18(13)29-21(23)22-20(24)19-14(25-2)8-7-9-15(19)26-3/h6-9,11-12H,1,10H2,2-5H3. The number of thiazole rings is 1. The molecule has 7 nitrogen and oxygen atoms in total. The second-order valence-electron chi connectivity index (χ2n) is 5.91. The number of carbonyl (C=O) groups excluding carboxylic acids is 1. The van der Waals surface area contributed by atoms with Gasteiger partial charge in [0.25, 0.3) is 5.91 Å². The third kappa shape index (κ3) is 3.84. The van der Waals surface area contributed by atoms with E-state index in [4.69, 9.17) is 18.9 Å². The summed E-state index contributed by atoms with van der Waals surface area (Å²) in [6.45, 7) is 4.29. The van der Waals surface area contributed by atoms with Crippen molar-refractivity contribution in [2.45, 2.75) is 6.54 Å². The number of hydrogen-bond donors (Lipinski definition) is 0. The van der Waals surface area contributed by atoms with Crippen LogP contribution in [-0.2, 0) is 6.54 Å². The molecule has 3 aromatic rings. The van der Waals surface area contributed by atoms with Gasteiger partial charge in [0, 0.05) is 18.7 Å². The summed E-state index contributed by atoms with van der Waals surface area (Å²) in [5.41, 5.74) is 1.14. The highest BCUT2D eigenvalue weighted by molar-refractivity contribution is 7.16. The van der Waals surface area contributed by atoms with Gasteiger partial charge in [-0.15, -0.1) is 6.58 Å². The Balaban J connectivity index is 2.24. The van der Waals surface area contributed by atoms with Crippen LogP contribution in [0.25, 0.3) is 10.2 Å². The molecule has 0 N–H and O–H groups in total. The van der Waals surface area contributed by atoms with E-state index >= 15 is 0 Å². The zero-order valence-electron chi connectivity index (χ0n) is 16.7. The van der Waals surface area contributed by atoms with Crippen LogP contribution in [0.2, 0.25) is 0 Å². The molecular formula is C21H22N2O5S. The molecule has 1 amide bonds. The monoisotopic (exact) mass is 414 g/mol. The van der Waals surface area contributed by atoms with Crippen molar-refractivity contribution in [2.75, 3.05) is 28.4 Å². The van der Waals surface area contributed by atoms with E-state index in [0.29, 0.717) is 34.3 Å². The van der Waals surface area contributed by atoms with Crippen LogP contribution in [0.5, 0.6) is 23.0 Å². The van der Waals surface area contributed by atoms with E-state index in [1.165, 1.54) is 25.6 Å². The maximum Gasteiger partial charge on any atom is 0.287 e. The van der Waals surface area contributed by atoms with Gasteiger partial charge in [0.2, 0.25) is 0 Å². The first kappa shape index (κ1) is 20.5. The maximum absolute atomic E-state index is 13.0. The lowest BCUT2D eigenvalue weighted by Crippen LogP contribution is -2.17. The van der Waals surface area contributed by atoms with E-state index in [1.54, 1.807) is 38.5 Å². The summed E-state index contributed by atoms with van der Waals surface area (Å²) in [6, 6.07) is 8.88. The molecule has 0 saturated carbocycles. The minimum atomic E-state index is -0.456. The van der Waals surface area contributed by atoms with Gasteiger partial charge in [-0.1, -0.05) is 23.5 Å². The number of benzene rings is 2. The molecule has 1 heterocycles. The van der Waals surface area contributed by atoms with Gasteiger partial charge in [-0.25, -0.2) is 0 Å². The fourth-order valence-corrected chi connectivity index (χ4v) is 4.04. The molecule has 0 aliphatic rings. The second kappa shape index (κ2) is 8.83. The Labute approximate surface area is 172 Å². The summed E-state index contributed by atoms with van der Waals surface area (Å²) in [4.78, 5) is 17.9. The van der Waals surface area contributed by atoms with Crippen LogP contribution in [0, 0.1) is 0 Å².